The molecule has 0 saturated heterocycles. The number of fused-ring (bicyclic) bond motifs is 4. The number of aromatic nitrogens is 2. The standard InChI is InChI=1S/C48H31N4S.Pt/c1-4-15-34(16-5-1)46(35-17-6-2-7-18-35)47(37-26-27-41-40-23-10-11-24-42(40)52(44(41)32-37)45-25-12-13-29-49-45)36-19-14-22-39(31-36)50-33-51(38-20-8-3-9-21-38)48-43(50)28-30-53-48;/h1-30,33H;/q-3;. The Morgan fingerprint density at radius 3 is 1.98 bits per heavy atom. The molecule has 54 heavy (non-hydrogen) atoms. The van der Waals surface area contributed by atoms with Gasteiger partial charge < -0.3 is 14.4 Å². The van der Waals surface area contributed by atoms with Crippen molar-refractivity contribution < 1.29 is 21.1 Å². The van der Waals surface area contributed by atoms with Crippen LogP contribution >= 0.6 is 11.3 Å². The van der Waals surface area contributed by atoms with Crippen LogP contribution in [-0.4, -0.2) is 9.55 Å². The van der Waals surface area contributed by atoms with E-state index in [2.05, 4.69) is 196 Å². The van der Waals surface area contributed by atoms with Gasteiger partial charge in [-0.05, 0) is 69.4 Å². The molecule has 1 aliphatic heterocycles. The topological polar surface area (TPSA) is 24.3 Å². The molecule has 0 atom stereocenters. The summed E-state index contributed by atoms with van der Waals surface area (Å²) in [4.78, 5) is 9.30. The smallest absolute Gasteiger partial charge is 0.136 e. The third-order valence-corrected chi connectivity index (χ3v) is 10.7. The first-order valence-corrected chi connectivity index (χ1v) is 18.5. The molecule has 1 aliphatic rings. The first-order chi connectivity index (χ1) is 26.3. The van der Waals surface area contributed by atoms with Crippen molar-refractivity contribution in [1.82, 2.24) is 9.55 Å². The van der Waals surface area contributed by atoms with Crippen molar-refractivity contribution in [3.05, 3.63) is 222 Å². The maximum Gasteiger partial charge on any atom is 0.136 e. The number of para-hydroxylation sites is 2. The number of nitrogens with zero attached hydrogens (tertiary/aromatic N) is 4. The van der Waals surface area contributed by atoms with Gasteiger partial charge in [0.25, 0.3) is 0 Å². The summed E-state index contributed by atoms with van der Waals surface area (Å²) in [5, 5.41) is 5.64. The predicted octanol–water partition coefficient (Wildman–Crippen LogP) is 12.3. The van der Waals surface area contributed by atoms with E-state index in [-0.39, 0.29) is 21.1 Å². The Labute approximate surface area is 333 Å². The van der Waals surface area contributed by atoms with Gasteiger partial charge in [0.1, 0.15) is 5.82 Å². The van der Waals surface area contributed by atoms with E-state index in [9.17, 15) is 0 Å². The van der Waals surface area contributed by atoms with E-state index in [1.807, 2.05) is 18.3 Å². The van der Waals surface area contributed by atoms with E-state index in [4.69, 9.17) is 4.98 Å². The molecule has 0 fully saturated rings. The van der Waals surface area contributed by atoms with Gasteiger partial charge in [0.15, 0.2) is 0 Å². The van der Waals surface area contributed by atoms with Crippen LogP contribution in [0.5, 0.6) is 0 Å². The molecule has 0 radical (unpaired) electrons. The largest absolute Gasteiger partial charge is 0.488 e. The molecular weight excluding hydrogens is 860 g/mol. The first-order valence-electron chi connectivity index (χ1n) is 17.6. The van der Waals surface area contributed by atoms with Crippen LogP contribution in [0, 0.1) is 18.8 Å². The zero-order valence-corrected chi connectivity index (χ0v) is 32.0. The number of anilines is 4. The molecule has 10 rings (SSSR count). The second-order valence-electron chi connectivity index (χ2n) is 12.9. The molecule has 4 heterocycles. The summed E-state index contributed by atoms with van der Waals surface area (Å²) in [5.74, 6) is 0.858. The Balaban J connectivity index is 0.00000384. The molecule has 9 aromatic rings. The Morgan fingerprint density at radius 2 is 1.24 bits per heavy atom. The summed E-state index contributed by atoms with van der Waals surface area (Å²) >= 11 is 1.74. The minimum Gasteiger partial charge on any atom is -0.488 e. The Kier molecular flexibility index (Phi) is 9.04. The quantitative estimate of drug-likeness (QED) is 0.118. The third kappa shape index (κ3) is 5.87. The van der Waals surface area contributed by atoms with E-state index in [0.717, 1.165) is 72.7 Å². The summed E-state index contributed by atoms with van der Waals surface area (Å²) in [5.41, 5.74) is 11.6. The summed E-state index contributed by atoms with van der Waals surface area (Å²) in [7, 11) is 0. The predicted molar refractivity (Wildman–Crippen MR) is 220 cm³/mol. The number of hydrogen-bond acceptors (Lipinski definition) is 4. The van der Waals surface area contributed by atoms with Crippen LogP contribution in [0.1, 0.15) is 22.3 Å². The van der Waals surface area contributed by atoms with Gasteiger partial charge in [0.2, 0.25) is 0 Å². The van der Waals surface area contributed by atoms with Crippen LogP contribution < -0.4 is 9.80 Å². The van der Waals surface area contributed by atoms with E-state index < -0.39 is 0 Å². The Hall–Kier alpha value is -6.00. The zero-order valence-electron chi connectivity index (χ0n) is 28.9. The van der Waals surface area contributed by atoms with Crippen LogP contribution in [0.25, 0.3) is 38.8 Å². The molecule has 6 aromatic carbocycles. The van der Waals surface area contributed by atoms with Crippen molar-refractivity contribution in [2.24, 2.45) is 0 Å². The van der Waals surface area contributed by atoms with E-state index in [1.165, 1.54) is 10.4 Å². The molecule has 0 saturated carbocycles. The molecule has 3 aromatic heterocycles. The van der Waals surface area contributed by atoms with Gasteiger partial charge in [-0.3, -0.25) is 0 Å². The fraction of sp³-hybridized carbons (Fsp3) is 0. The molecule has 262 valence electrons. The number of hydrogen-bond donors (Lipinski definition) is 0. The number of pyridine rings is 1. The SMILES string of the molecule is [Pt].[c-]1c(C(=C(c2ccccc2)c2ccccc2)c2[c-]c3c(cc2)c2ccccc2n3-c2ccccn2)cccc1N1[CH-]N(c2ccccc2)c2sccc21. The maximum absolute atomic E-state index is 4.79. The molecule has 0 bridgehead atoms. The Bertz CT molecular complexity index is 2720. The van der Waals surface area contributed by atoms with Gasteiger partial charge in [0, 0.05) is 44.2 Å². The normalized spacial score (nSPS) is 12.1. The molecule has 0 unspecified atom stereocenters. The molecule has 0 aliphatic carbocycles. The molecule has 0 spiro atoms. The average Bonchev–Trinajstić information content (AvgIpc) is 3.94. The summed E-state index contributed by atoms with van der Waals surface area (Å²) in [6, 6.07) is 67.4. The summed E-state index contributed by atoms with van der Waals surface area (Å²) in [6.07, 6.45) is 1.85. The van der Waals surface area contributed by atoms with Crippen molar-refractivity contribution in [2.75, 3.05) is 9.80 Å². The van der Waals surface area contributed by atoms with Crippen LogP contribution in [0.15, 0.2) is 181 Å². The fourth-order valence-corrected chi connectivity index (χ4v) is 8.32. The van der Waals surface area contributed by atoms with Crippen LogP contribution in [0.3, 0.4) is 0 Å². The van der Waals surface area contributed by atoms with Crippen molar-refractivity contribution in [1.29, 1.82) is 0 Å². The minimum atomic E-state index is 0. The van der Waals surface area contributed by atoms with Gasteiger partial charge in [0.05, 0.1) is 5.00 Å². The zero-order chi connectivity index (χ0) is 35.1. The van der Waals surface area contributed by atoms with Gasteiger partial charge in [-0.1, -0.05) is 114 Å². The van der Waals surface area contributed by atoms with Gasteiger partial charge >= 0.3 is 0 Å². The third-order valence-electron chi connectivity index (χ3n) is 9.78. The van der Waals surface area contributed by atoms with Gasteiger partial charge in [-0.15, -0.1) is 77.2 Å². The van der Waals surface area contributed by atoms with Gasteiger partial charge in [-0.2, -0.15) is 0 Å². The van der Waals surface area contributed by atoms with Crippen molar-refractivity contribution >= 4 is 66.4 Å². The van der Waals surface area contributed by atoms with Crippen LogP contribution in [0.2, 0.25) is 0 Å². The molecular formula is C48H31N4PtS-3. The number of benzene rings is 6. The van der Waals surface area contributed by atoms with Crippen molar-refractivity contribution in [3.8, 4) is 5.82 Å². The van der Waals surface area contributed by atoms with Gasteiger partial charge in [-0.25, -0.2) is 4.98 Å². The van der Waals surface area contributed by atoms with Crippen molar-refractivity contribution in [3.63, 3.8) is 0 Å². The van der Waals surface area contributed by atoms with Crippen molar-refractivity contribution in [2.45, 2.75) is 0 Å². The second-order valence-corrected chi connectivity index (χ2v) is 13.8. The molecule has 4 nitrogen and oxygen atoms in total. The Morgan fingerprint density at radius 1 is 0.556 bits per heavy atom. The maximum atomic E-state index is 4.79. The second kappa shape index (κ2) is 14.4. The van der Waals surface area contributed by atoms with E-state index in [1.54, 1.807) is 11.3 Å². The van der Waals surface area contributed by atoms with E-state index >= 15 is 0 Å². The number of thiophene rings is 1. The minimum absolute atomic E-state index is 0. The first kappa shape index (κ1) is 33.8. The molecule has 0 N–H and O–H groups in total. The van der Waals surface area contributed by atoms with Crippen LogP contribution in [0.4, 0.5) is 22.1 Å². The molecule has 6 heteroatoms. The monoisotopic (exact) mass is 890 g/mol. The fourth-order valence-electron chi connectivity index (χ4n) is 7.44. The summed E-state index contributed by atoms with van der Waals surface area (Å²) < 4.78 is 2.23. The average molecular weight is 891 g/mol. The number of rotatable bonds is 7. The van der Waals surface area contributed by atoms with E-state index in [0.29, 0.717) is 0 Å². The summed E-state index contributed by atoms with van der Waals surface area (Å²) in [6.45, 7) is 2.17. The van der Waals surface area contributed by atoms with Crippen LogP contribution in [-0.2, 0) is 21.1 Å². The molecule has 0 amide bonds.